The summed E-state index contributed by atoms with van der Waals surface area (Å²) in [5.74, 6) is -2.35. The number of Topliss-reactive ketones (excluding diaryl/α,β-unsaturated/α-hetero) is 2. The Balaban J connectivity index is 1.90. The maximum absolute atomic E-state index is 13.4. The Bertz CT molecular complexity index is 923. The van der Waals surface area contributed by atoms with E-state index in [-0.39, 0.29) is 36.2 Å². The summed E-state index contributed by atoms with van der Waals surface area (Å²) in [7, 11) is 3.72. The molecule has 3 rings (SSSR count). The Morgan fingerprint density at radius 1 is 1.20 bits per heavy atom. The molecule has 162 valence electrons. The Kier molecular flexibility index (Phi) is 7.20. The zero-order chi connectivity index (χ0) is 21.7. The maximum atomic E-state index is 13.4. The van der Waals surface area contributed by atoms with Crippen LogP contribution in [0.15, 0.2) is 33.6 Å². The van der Waals surface area contributed by atoms with Gasteiger partial charge in [0.1, 0.15) is 11.5 Å². The minimum absolute atomic E-state index is 0.0950. The van der Waals surface area contributed by atoms with E-state index in [1.807, 2.05) is 19.0 Å². The van der Waals surface area contributed by atoms with Crippen LogP contribution in [0.1, 0.15) is 48.3 Å². The highest BCUT2D eigenvalue weighted by Gasteiger charge is 2.36. The number of ketones is 2. The number of likely N-dealkylation sites (N-methyl/N-ethyl adjacent to an activating group) is 1. The van der Waals surface area contributed by atoms with Gasteiger partial charge in [-0.2, -0.15) is 0 Å². The van der Waals surface area contributed by atoms with E-state index in [0.29, 0.717) is 6.54 Å². The summed E-state index contributed by atoms with van der Waals surface area (Å²) in [6, 6.07) is 6.47. The quantitative estimate of drug-likeness (QED) is 0.495. The van der Waals surface area contributed by atoms with Crippen LogP contribution in [0, 0.1) is 11.8 Å². The highest BCUT2D eigenvalue weighted by molar-refractivity contribution is 6.09. The van der Waals surface area contributed by atoms with E-state index in [2.05, 4.69) is 5.16 Å². The summed E-state index contributed by atoms with van der Waals surface area (Å²) >= 11 is 0. The molecular weight excluding hydrogens is 386 g/mol. The Labute approximate surface area is 175 Å². The fourth-order valence-electron chi connectivity index (χ4n) is 3.96. The predicted molar refractivity (Wildman–Crippen MR) is 111 cm³/mol. The molecule has 2 aromatic rings. The van der Waals surface area contributed by atoms with Crippen LogP contribution >= 0.6 is 0 Å². The van der Waals surface area contributed by atoms with Crippen molar-refractivity contribution >= 4 is 11.6 Å². The minimum Gasteiger partial charge on any atom is -0.508 e. The molecule has 30 heavy (non-hydrogen) atoms. The van der Waals surface area contributed by atoms with Crippen LogP contribution in [0.25, 0.3) is 0 Å². The molecule has 1 aromatic heterocycles. The molecule has 1 N–H and O–H groups in total. The first-order chi connectivity index (χ1) is 14.4. The van der Waals surface area contributed by atoms with Crippen molar-refractivity contribution in [2.24, 2.45) is 11.8 Å². The van der Waals surface area contributed by atoms with E-state index in [1.54, 1.807) is 12.1 Å². The average Bonchev–Trinajstić information content (AvgIpc) is 3.12. The zero-order valence-electron chi connectivity index (χ0n) is 17.5. The van der Waals surface area contributed by atoms with Gasteiger partial charge in [-0.15, -0.1) is 0 Å². The van der Waals surface area contributed by atoms with Crippen molar-refractivity contribution in [1.29, 1.82) is 0 Å². The van der Waals surface area contributed by atoms with Crippen LogP contribution in [0.3, 0.4) is 0 Å². The van der Waals surface area contributed by atoms with Gasteiger partial charge in [-0.05, 0) is 51.1 Å². The first kappa shape index (κ1) is 22.0. The number of hydrogen-bond donors (Lipinski definition) is 1. The number of nitrogens with zero attached hydrogens (tertiary/aromatic N) is 3. The van der Waals surface area contributed by atoms with Crippen molar-refractivity contribution in [3.05, 3.63) is 46.2 Å². The smallest absolute Gasteiger partial charge is 0.441 e. The second-order valence-corrected chi connectivity index (χ2v) is 8.25. The van der Waals surface area contributed by atoms with Crippen molar-refractivity contribution in [2.75, 3.05) is 20.6 Å². The normalized spacial score (nSPS) is 16.0. The van der Waals surface area contributed by atoms with Gasteiger partial charge in [0.2, 0.25) is 11.6 Å². The highest BCUT2D eigenvalue weighted by atomic mass is 16.5. The Hall–Kier alpha value is -2.74. The van der Waals surface area contributed by atoms with E-state index in [4.69, 9.17) is 4.52 Å². The van der Waals surface area contributed by atoms with Crippen LogP contribution in [-0.4, -0.2) is 51.9 Å². The topological polar surface area (TPSA) is 106 Å². The number of aromatic nitrogens is 2. The number of aromatic hydroxyl groups is 1. The van der Waals surface area contributed by atoms with E-state index in [9.17, 15) is 19.5 Å². The molecule has 1 fully saturated rings. The van der Waals surface area contributed by atoms with Crippen LogP contribution in [-0.2, 0) is 17.8 Å². The standard InChI is InChI=1S/C22H29N3O5/c1-24(2)12-13-25-21(23-30-22(25)29)20(28)18(14-15-8-10-17(26)11-9-15)19(27)16-6-4-3-5-7-16/h8-11,16,18,26H,3-7,12-14H2,1-2H3/t18-/m1/s1. The van der Waals surface area contributed by atoms with Gasteiger partial charge in [0.05, 0.1) is 5.92 Å². The molecule has 0 radical (unpaired) electrons. The van der Waals surface area contributed by atoms with Gasteiger partial charge in [0, 0.05) is 19.0 Å². The molecule has 0 bridgehead atoms. The lowest BCUT2D eigenvalue weighted by atomic mass is 9.78. The second kappa shape index (κ2) is 9.84. The molecule has 8 nitrogen and oxygen atoms in total. The fraction of sp³-hybridized carbons (Fsp3) is 0.545. The zero-order valence-corrected chi connectivity index (χ0v) is 17.5. The Morgan fingerprint density at radius 2 is 1.87 bits per heavy atom. The average molecular weight is 415 g/mol. The molecule has 1 aliphatic rings. The molecule has 1 aromatic carbocycles. The van der Waals surface area contributed by atoms with Gasteiger partial charge in [0.25, 0.3) is 0 Å². The third-order valence-corrected chi connectivity index (χ3v) is 5.72. The van der Waals surface area contributed by atoms with Crippen molar-refractivity contribution in [3.8, 4) is 5.75 Å². The van der Waals surface area contributed by atoms with Gasteiger partial charge < -0.3 is 10.0 Å². The summed E-state index contributed by atoms with van der Waals surface area (Å²) in [5, 5.41) is 13.2. The number of rotatable bonds is 9. The molecule has 0 saturated heterocycles. The lowest BCUT2D eigenvalue weighted by Crippen LogP contribution is -2.35. The highest BCUT2D eigenvalue weighted by Crippen LogP contribution is 2.29. The van der Waals surface area contributed by atoms with Gasteiger partial charge >= 0.3 is 5.76 Å². The lowest BCUT2D eigenvalue weighted by Gasteiger charge is -2.24. The molecule has 0 amide bonds. The molecule has 1 saturated carbocycles. The first-order valence-electron chi connectivity index (χ1n) is 10.4. The summed E-state index contributed by atoms with van der Waals surface area (Å²) in [5.41, 5.74) is 0.765. The number of benzene rings is 1. The molecule has 0 aliphatic heterocycles. The van der Waals surface area contributed by atoms with E-state index in [1.165, 1.54) is 16.7 Å². The van der Waals surface area contributed by atoms with Gasteiger partial charge in [0.15, 0.2) is 0 Å². The summed E-state index contributed by atoms with van der Waals surface area (Å²) in [4.78, 5) is 40.7. The SMILES string of the molecule is CN(C)CCn1c(C(=O)[C@H](Cc2ccc(O)cc2)C(=O)C2CCCCC2)noc1=O. The number of phenolic OH excluding ortho intramolecular Hbond substituents is 1. The molecule has 8 heteroatoms. The minimum atomic E-state index is -0.937. The summed E-state index contributed by atoms with van der Waals surface area (Å²) in [6.45, 7) is 0.778. The number of hydrogen-bond acceptors (Lipinski definition) is 7. The molecule has 0 unspecified atom stereocenters. The molecule has 1 aliphatic carbocycles. The van der Waals surface area contributed by atoms with Crippen molar-refractivity contribution in [2.45, 2.75) is 45.1 Å². The monoisotopic (exact) mass is 415 g/mol. The van der Waals surface area contributed by atoms with E-state index < -0.39 is 17.5 Å². The van der Waals surface area contributed by atoms with Crippen LogP contribution in [0.2, 0.25) is 0 Å². The second-order valence-electron chi connectivity index (χ2n) is 8.25. The van der Waals surface area contributed by atoms with Crippen molar-refractivity contribution in [1.82, 2.24) is 14.6 Å². The Morgan fingerprint density at radius 3 is 2.50 bits per heavy atom. The molecular formula is C22H29N3O5. The van der Waals surface area contributed by atoms with Gasteiger partial charge in [-0.1, -0.05) is 36.6 Å². The predicted octanol–water partition coefficient (Wildman–Crippen LogP) is 2.29. The van der Waals surface area contributed by atoms with Gasteiger partial charge in [-0.3, -0.25) is 18.7 Å². The third-order valence-electron chi connectivity index (χ3n) is 5.72. The fourth-order valence-corrected chi connectivity index (χ4v) is 3.96. The van der Waals surface area contributed by atoms with Gasteiger partial charge in [-0.25, -0.2) is 4.79 Å². The molecule has 1 atom stereocenters. The van der Waals surface area contributed by atoms with Crippen LogP contribution in [0.5, 0.6) is 5.75 Å². The maximum Gasteiger partial charge on any atom is 0.441 e. The number of carbonyl (C=O) groups excluding carboxylic acids is 2. The molecule has 1 heterocycles. The molecule has 0 spiro atoms. The lowest BCUT2D eigenvalue weighted by molar-refractivity contribution is -0.126. The van der Waals surface area contributed by atoms with Crippen molar-refractivity contribution < 1.29 is 19.2 Å². The third kappa shape index (κ3) is 5.24. The summed E-state index contributed by atoms with van der Waals surface area (Å²) < 4.78 is 5.97. The number of phenols is 1. The van der Waals surface area contributed by atoms with Crippen LogP contribution < -0.4 is 5.76 Å². The summed E-state index contributed by atoms with van der Waals surface area (Å²) in [6.07, 6.45) is 4.83. The number of carbonyl (C=O) groups is 2. The van der Waals surface area contributed by atoms with E-state index >= 15 is 0 Å². The van der Waals surface area contributed by atoms with Crippen LogP contribution in [0.4, 0.5) is 0 Å². The van der Waals surface area contributed by atoms with Crippen molar-refractivity contribution in [3.63, 3.8) is 0 Å². The van der Waals surface area contributed by atoms with E-state index in [0.717, 1.165) is 37.7 Å². The largest absolute Gasteiger partial charge is 0.508 e. The first-order valence-corrected chi connectivity index (χ1v) is 10.4.